The SMILES string of the molecule is CCCCCCCCCCCCC(c1ccccc1)[N+](C)(C)CC.O=S(=O)([O-])[O-]. The van der Waals surface area contributed by atoms with Gasteiger partial charge in [-0.25, -0.2) is 0 Å². The molecule has 1 aromatic rings. The summed E-state index contributed by atoms with van der Waals surface area (Å²) in [4.78, 5) is 0. The molecule has 29 heavy (non-hydrogen) atoms. The average Bonchev–Trinajstić information content (AvgIpc) is 2.65. The average molecular weight is 429 g/mol. The third-order valence-corrected chi connectivity index (χ3v) is 5.67. The lowest BCUT2D eigenvalue weighted by molar-refractivity contribution is -0.920. The molecule has 0 bridgehead atoms. The minimum atomic E-state index is -5.17. The van der Waals surface area contributed by atoms with Crippen LogP contribution in [0.15, 0.2) is 30.3 Å². The van der Waals surface area contributed by atoms with Crippen LogP contribution in [0.4, 0.5) is 0 Å². The molecule has 0 aromatic heterocycles. The second kappa shape index (κ2) is 15.8. The van der Waals surface area contributed by atoms with Crippen molar-refractivity contribution in [1.29, 1.82) is 0 Å². The summed E-state index contributed by atoms with van der Waals surface area (Å²) in [6, 6.07) is 11.8. The van der Waals surface area contributed by atoms with Gasteiger partial charge in [0.05, 0.1) is 20.6 Å². The van der Waals surface area contributed by atoms with Crippen LogP contribution < -0.4 is 0 Å². The summed E-state index contributed by atoms with van der Waals surface area (Å²) < 4.78 is 35.2. The molecule has 0 aliphatic rings. The zero-order valence-corrected chi connectivity index (χ0v) is 19.8. The molecule has 1 rings (SSSR count). The Morgan fingerprint density at radius 2 is 1.21 bits per heavy atom. The number of unbranched alkanes of at least 4 members (excludes halogenated alkanes) is 9. The van der Waals surface area contributed by atoms with Crippen LogP contribution in [-0.4, -0.2) is 42.6 Å². The molecule has 0 heterocycles. The Morgan fingerprint density at radius 1 is 0.793 bits per heavy atom. The maximum absolute atomic E-state index is 8.52. The van der Waals surface area contributed by atoms with Crippen LogP contribution in [0.25, 0.3) is 0 Å². The molecule has 0 aliphatic carbocycles. The molecule has 0 saturated heterocycles. The zero-order chi connectivity index (χ0) is 22.2. The predicted molar refractivity (Wildman–Crippen MR) is 119 cm³/mol. The predicted octanol–water partition coefficient (Wildman–Crippen LogP) is 5.80. The van der Waals surface area contributed by atoms with Gasteiger partial charge in [-0.05, 0) is 13.3 Å². The Bertz CT molecular complexity index is 595. The van der Waals surface area contributed by atoms with Crippen molar-refractivity contribution < 1.29 is 22.0 Å². The lowest BCUT2D eigenvalue weighted by Crippen LogP contribution is -2.42. The summed E-state index contributed by atoms with van der Waals surface area (Å²) in [6.45, 7) is 5.80. The minimum absolute atomic E-state index is 0.644. The Hall–Kier alpha value is -0.950. The van der Waals surface area contributed by atoms with Gasteiger partial charge in [0.2, 0.25) is 0 Å². The molecule has 0 spiro atoms. The highest BCUT2D eigenvalue weighted by Gasteiger charge is 2.27. The fourth-order valence-electron chi connectivity index (χ4n) is 3.64. The van der Waals surface area contributed by atoms with Gasteiger partial charge in [-0.1, -0.05) is 95.0 Å². The zero-order valence-electron chi connectivity index (χ0n) is 18.9. The summed E-state index contributed by atoms with van der Waals surface area (Å²) in [5.41, 5.74) is 1.51. The summed E-state index contributed by atoms with van der Waals surface area (Å²) >= 11 is 0. The number of hydrogen-bond acceptors (Lipinski definition) is 4. The quantitative estimate of drug-likeness (QED) is 0.162. The van der Waals surface area contributed by atoms with Crippen LogP contribution >= 0.6 is 0 Å². The fraction of sp³-hybridized carbons (Fsp3) is 0.739. The minimum Gasteiger partial charge on any atom is -0.759 e. The molecule has 1 aromatic carbocycles. The van der Waals surface area contributed by atoms with Crippen molar-refractivity contribution in [2.45, 2.75) is 90.5 Å². The third-order valence-electron chi connectivity index (χ3n) is 5.67. The van der Waals surface area contributed by atoms with Gasteiger partial charge < -0.3 is 13.6 Å². The van der Waals surface area contributed by atoms with E-state index < -0.39 is 10.4 Å². The van der Waals surface area contributed by atoms with Crippen LogP contribution in [0.2, 0.25) is 0 Å². The van der Waals surface area contributed by atoms with Crippen LogP contribution in [0, 0.1) is 0 Å². The number of hydrogen-bond donors (Lipinski definition) is 0. The van der Waals surface area contributed by atoms with E-state index >= 15 is 0 Å². The first-order chi connectivity index (χ1) is 13.6. The highest BCUT2D eigenvalue weighted by Crippen LogP contribution is 2.30. The molecule has 170 valence electrons. The van der Waals surface area contributed by atoms with E-state index in [1.54, 1.807) is 0 Å². The molecule has 0 saturated carbocycles. The normalized spacial score (nSPS) is 12.9. The summed E-state index contributed by atoms with van der Waals surface area (Å²) in [5, 5.41) is 0. The largest absolute Gasteiger partial charge is 0.759 e. The van der Waals surface area contributed by atoms with Crippen LogP contribution in [-0.2, 0) is 10.4 Å². The molecule has 0 aliphatic heterocycles. The molecule has 6 heteroatoms. The second-order valence-corrected chi connectivity index (χ2v) is 9.22. The maximum Gasteiger partial charge on any atom is 0.114 e. The monoisotopic (exact) mass is 428 g/mol. The van der Waals surface area contributed by atoms with E-state index in [2.05, 4.69) is 58.3 Å². The first kappa shape index (κ1) is 28.1. The highest BCUT2D eigenvalue weighted by atomic mass is 32.3. The summed E-state index contributed by atoms with van der Waals surface area (Å²) in [5.74, 6) is 0. The number of rotatable bonds is 14. The van der Waals surface area contributed by atoms with Gasteiger partial charge in [0.25, 0.3) is 0 Å². The Balaban J connectivity index is 0.00000139. The molecule has 0 radical (unpaired) electrons. The van der Waals surface area contributed by atoms with Crippen molar-refractivity contribution in [2.75, 3.05) is 20.6 Å². The Labute approximate surface area is 179 Å². The van der Waals surface area contributed by atoms with Crippen molar-refractivity contribution in [3.63, 3.8) is 0 Å². The van der Waals surface area contributed by atoms with Gasteiger partial charge in [0.15, 0.2) is 0 Å². The molecule has 0 N–H and O–H groups in total. The first-order valence-electron chi connectivity index (χ1n) is 11.2. The van der Waals surface area contributed by atoms with Crippen molar-refractivity contribution in [3.05, 3.63) is 35.9 Å². The molecule has 0 fully saturated rings. The van der Waals surface area contributed by atoms with Crippen molar-refractivity contribution in [1.82, 2.24) is 0 Å². The summed E-state index contributed by atoms with van der Waals surface area (Å²) in [7, 11) is -0.401. The van der Waals surface area contributed by atoms with E-state index in [0.717, 1.165) is 4.48 Å². The standard InChI is InChI=1S/C23H42N.H2O4S/c1-5-7-8-9-10-11-12-13-14-18-21-23(24(3,4)6-2)22-19-16-15-17-20-22;1-5(2,3)4/h15-17,19-20,23H,5-14,18,21H2,1-4H3;(H2,1,2,3,4)/q+1;/p-2. The van der Waals surface area contributed by atoms with Gasteiger partial charge >= 0.3 is 0 Å². The fourth-order valence-corrected chi connectivity index (χ4v) is 3.64. The maximum atomic E-state index is 8.52. The molecular weight excluding hydrogens is 386 g/mol. The van der Waals surface area contributed by atoms with Crippen molar-refractivity contribution >= 4 is 10.4 Å². The van der Waals surface area contributed by atoms with Crippen LogP contribution in [0.1, 0.15) is 96.1 Å². The number of benzene rings is 1. The molecule has 1 atom stereocenters. The lowest BCUT2D eigenvalue weighted by atomic mass is 9.96. The first-order valence-corrected chi connectivity index (χ1v) is 12.5. The van der Waals surface area contributed by atoms with Crippen molar-refractivity contribution in [3.8, 4) is 0 Å². The molecule has 5 nitrogen and oxygen atoms in total. The highest BCUT2D eigenvalue weighted by molar-refractivity contribution is 7.79. The van der Waals surface area contributed by atoms with Crippen molar-refractivity contribution in [2.24, 2.45) is 0 Å². The lowest BCUT2D eigenvalue weighted by Gasteiger charge is -2.37. The van der Waals surface area contributed by atoms with Gasteiger partial charge in [0, 0.05) is 22.4 Å². The number of nitrogens with zero attached hydrogens (tertiary/aromatic N) is 1. The topological polar surface area (TPSA) is 80.3 Å². The van der Waals surface area contributed by atoms with Gasteiger partial charge in [-0.15, -0.1) is 0 Å². The smallest absolute Gasteiger partial charge is 0.114 e. The van der Waals surface area contributed by atoms with Gasteiger partial charge in [-0.3, -0.25) is 8.42 Å². The van der Waals surface area contributed by atoms with E-state index in [0.29, 0.717) is 6.04 Å². The van der Waals surface area contributed by atoms with Gasteiger partial charge in [-0.2, -0.15) is 0 Å². The third kappa shape index (κ3) is 16.5. The van der Waals surface area contributed by atoms with E-state index in [1.807, 2.05) is 0 Å². The van der Waals surface area contributed by atoms with E-state index in [9.17, 15) is 0 Å². The van der Waals surface area contributed by atoms with E-state index in [4.69, 9.17) is 17.5 Å². The molecule has 1 unspecified atom stereocenters. The summed E-state index contributed by atoms with van der Waals surface area (Å²) in [6.07, 6.45) is 15.5. The van der Waals surface area contributed by atoms with Gasteiger partial charge in [0.1, 0.15) is 6.04 Å². The number of quaternary nitrogens is 1. The second-order valence-electron chi connectivity index (χ2n) is 8.40. The Kier molecular flexibility index (Phi) is 15.3. The Morgan fingerprint density at radius 3 is 1.62 bits per heavy atom. The van der Waals surface area contributed by atoms with E-state index in [1.165, 1.54) is 82.7 Å². The molecular formula is C23H42NO4S-. The van der Waals surface area contributed by atoms with Crippen LogP contribution in [0.3, 0.4) is 0 Å². The van der Waals surface area contributed by atoms with Crippen LogP contribution in [0.5, 0.6) is 0 Å². The van der Waals surface area contributed by atoms with E-state index in [-0.39, 0.29) is 0 Å². The molecule has 0 amide bonds.